The molecule has 0 spiro atoms. The van der Waals surface area contributed by atoms with Gasteiger partial charge in [0.05, 0.1) is 0 Å². The Kier molecular flexibility index (Phi) is 3.80. The van der Waals surface area contributed by atoms with Crippen LogP contribution in [0.3, 0.4) is 0 Å². The molecule has 0 aliphatic heterocycles. The van der Waals surface area contributed by atoms with Crippen LogP contribution in [0.5, 0.6) is 0 Å². The molecule has 0 atom stereocenters. The third-order valence-corrected chi connectivity index (χ3v) is 2.68. The second-order valence-corrected chi connectivity index (χ2v) is 4.44. The fourth-order valence-electron chi connectivity index (χ4n) is 1.49. The fourth-order valence-corrected chi connectivity index (χ4v) is 1.95. The number of nitrogens with two attached hydrogens (primary N) is 1. The van der Waals surface area contributed by atoms with Crippen molar-refractivity contribution >= 4 is 15.9 Å². The highest BCUT2D eigenvalue weighted by atomic mass is 79.9. The van der Waals surface area contributed by atoms with Gasteiger partial charge in [0, 0.05) is 16.6 Å². The van der Waals surface area contributed by atoms with Crippen molar-refractivity contribution in [1.82, 2.24) is 20.2 Å². The highest BCUT2D eigenvalue weighted by molar-refractivity contribution is 9.10. The quantitative estimate of drug-likeness (QED) is 0.931. The maximum absolute atomic E-state index is 13.3. The first kappa shape index (κ1) is 12.1. The molecular formula is C10H11BrFN5. The van der Waals surface area contributed by atoms with Crippen LogP contribution in [0.15, 0.2) is 22.7 Å². The number of hydrogen-bond acceptors (Lipinski definition) is 4. The SMILES string of the molecule is NCCCn1nnnc1-c1cc(F)cc(Br)c1. The fraction of sp³-hybridized carbons (Fsp3) is 0.300. The van der Waals surface area contributed by atoms with E-state index in [1.54, 1.807) is 10.7 Å². The van der Waals surface area contributed by atoms with E-state index in [1.165, 1.54) is 12.1 Å². The summed E-state index contributed by atoms with van der Waals surface area (Å²) in [6, 6.07) is 4.56. The van der Waals surface area contributed by atoms with Crippen LogP contribution in [0.2, 0.25) is 0 Å². The van der Waals surface area contributed by atoms with Gasteiger partial charge in [-0.15, -0.1) is 5.10 Å². The average molecular weight is 300 g/mol. The molecule has 0 amide bonds. The lowest BCUT2D eigenvalue weighted by Gasteiger charge is -2.04. The molecule has 90 valence electrons. The molecule has 17 heavy (non-hydrogen) atoms. The summed E-state index contributed by atoms with van der Waals surface area (Å²) >= 11 is 3.24. The lowest BCUT2D eigenvalue weighted by Crippen LogP contribution is -2.08. The Bertz CT molecular complexity index is 493. The van der Waals surface area contributed by atoms with Crippen LogP contribution in [-0.2, 0) is 6.54 Å². The van der Waals surface area contributed by atoms with E-state index in [1.807, 2.05) is 0 Å². The predicted octanol–water partition coefficient (Wildman–Crippen LogP) is 1.59. The highest BCUT2D eigenvalue weighted by Gasteiger charge is 2.10. The van der Waals surface area contributed by atoms with E-state index in [0.717, 1.165) is 6.42 Å². The zero-order chi connectivity index (χ0) is 12.3. The first-order valence-corrected chi connectivity index (χ1v) is 5.92. The number of aryl methyl sites for hydroxylation is 1. The molecule has 0 fully saturated rings. The number of tetrazole rings is 1. The summed E-state index contributed by atoms with van der Waals surface area (Å²) in [5, 5.41) is 11.3. The summed E-state index contributed by atoms with van der Waals surface area (Å²) in [5.41, 5.74) is 6.07. The van der Waals surface area contributed by atoms with Gasteiger partial charge in [-0.3, -0.25) is 0 Å². The molecule has 1 heterocycles. The number of benzene rings is 1. The molecule has 0 unspecified atom stereocenters. The monoisotopic (exact) mass is 299 g/mol. The molecular weight excluding hydrogens is 289 g/mol. The summed E-state index contributed by atoms with van der Waals surface area (Å²) in [5.74, 6) is 0.210. The molecule has 0 saturated carbocycles. The van der Waals surface area contributed by atoms with Crippen LogP contribution in [0.4, 0.5) is 4.39 Å². The minimum absolute atomic E-state index is 0.331. The molecule has 0 saturated heterocycles. The predicted molar refractivity (Wildman–Crippen MR) is 64.6 cm³/mol. The van der Waals surface area contributed by atoms with E-state index >= 15 is 0 Å². The smallest absolute Gasteiger partial charge is 0.182 e. The molecule has 5 nitrogen and oxygen atoms in total. The highest BCUT2D eigenvalue weighted by Crippen LogP contribution is 2.22. The molecule has 0 bridgehead atoms. The van der Waals surface area contributed by atoms with Crippen molar-refractivity contribution < 1.29 is 4.39 Å². The van der Waals surface area contributed by atoms with Gasteiger partial charge in [-0.25, -0.2) is 9.07 Å². The molecule has 0 aliphatic carbocycles. The summed E-state index contributed by atoms with van der Waals surface area (Å²) in [4.78, 5) is 0. The van der Waals surface area contributed by atoms with Crippen molar-refractivity contribution in [2.45, 2.75) is 13.0 Å². The summed E-state index contributed by atoms with van der Waals surface area (Å²) in [7, 11) is 0. The molecule has 2 rings (SSSR count). The number of rotatable bonds is 4. The Morgan fingerprint density at radius 2 is 2.18 bits per heavy atom. The summed E-state index contributed by atoms with van der Waals surface area (Å²) in [6.45, 7) is 1.18. The van der Waals surface area contributed by atoms with E-state index in [0.29, 0.717) is 29.0 Å². The first-order valence-electron chi connectivity index (χ1n) is 5.13. The lowest BCUT2D eigenvalue weighted by atomic mass is 10.2. The van der Waals surface area contributed by atoms with Crippen molar-refractivity contribution in [3.63, 3.8) is 0 Å². The van der Waals surface area contributed by atoms with Crippen molar-refractivity contribution in [3.05, 3.63) is 28.5 Å². The lowest BCUT2D eigenvalue weighted by molar-refractivity contribution is 0.568. The third kappa shape index (κ3) is 2.86. The minimum Gasteiger partial charge on any atom is -0.330 e. The maximum atomic E-state index is 13.3. The standard InChI is InChI=1S/C10H11BrFN5/c11-8-4-7(5-9(12)6-8)10-14-15-16-17(10)3-1-2-13/h4-6H,1-3,13H2. The largest absolute Gasteiger partial charge is 0.330 e. The topological polar surface area (TPSA) is 69.6 Å². The van der Waals surface area contributed by atoms with E-state index < -0.39 is 0 Å². The number of aromatic nitrogens is 4. The van der Waals surface area contributed by atoms with Crippen molar-refractivity contribution in [1.29, 1.82) is 0 Å². The van der Waals surface area contributed by atoms with Gasteiger partial charge < -0.3 is 5.73 Å². The number of halogens is 2. The molecule has 0 radical (unpaired) electrons. The van der Waals surface area contributed by atoms with Crippen molar-refractivity contribution in [3.8, 4) is 11.4 Å². The summed E-state index contributed by atoms with van der Waals surface area (Å²) < 4.78 is 15.5. The van der Waals surface area contributed by atoms with Crippen molar-refractivity contribution in [2.24, 2.45) is 5.73 Å². The molecule has 2 aromatic rings. The molecule has 1 aromatic carbocycles. The second kappa shape index (κ2) is 5.33. The Balaban J connectivity index is 2.35. The zero-order valence-electron chi connectivity index (χ0n) is 8.98. The Morgan fingerprint density at radius 3 is 2.88 bits per heavy atom. The Labute approximate surface area is 106 Å². The van der Waals surface area contributed by atoms with Crippen LogP contribution < -0.4 is 5.73 Å². The molecule has 2 N–H and O–H groups in total. The molecule has 1 aromatic heterocycles. The average Bonchev–Trinajstić information content (AvgIpc) is 2.73. The van der Waals surface area contributed by atoms with Gasteiger partial charge >= 0.3 is 0 Å². The van der Waals surface area contributed by atoms with Gasteiger partial charge in [0.15, 0.2) is 5.82 Å². The van der Waals surface area contributed by atoms with Gasteiger partial charge in [-0.05, 0) is 41.6 Å². The van der Waals surface area contributed by atoms with Crippen molar-refractivity contribution in [2.75, 3.05) is 6.54 Å². The molecule has 7 heteroatoms. The zero-order valence-corrected chi connectivity index (χ0v) is 10.6. The second-order valence-electron chi connectivity index (χ2n) is 3.53. The summed E-state index contributed by atoms with van der Waals surface area (Å²) in [6.07, 6.45) is 0.772. The van der Waals surface area contributed by atoms with E-state index in [4.69, 9.17) is 5.73 Å². The Morgan fingerprint density at radius 1 is 1.35 bits per heavy atom. The van der Waals surface area contributed by atoms with Crippen LogP contribution in [0, 0.1) is 5.82 Å². The van der Waals surface area contributed by atoms with E-state index in [9.17, 15) is 4.39 Å². The molecule has 0 aliphatic rings. The van der Waals surface area contributed by atoms with Crippen LogP contribution in [0.25, 0.3) is 11.4 Å². The van der Waals surface area contributed by atoms with Crippen LogP contribution >= 0.6 is 15.9 Å². The van der Waals surface area contributed by atoms with Crippen LogP contribution in [-0.4, -0.2) is 26.8 Å². The van der Waals surface area contributed by atoms with E-state index in [2.05, 4.69) is 31.5 Å². The van der Waals surface area contributed by atoms with Gasteiger partial charge in [0.1, 0.15) is 5.82 Å². The third-order valence-electron chi connectivity index (χ3n) is 2.23. The maximum Gasteiger partial charge on any atom is 0.182 e. The Hall–Kier alpha value is -1.34. The first-order chi connectivity index (χ1) is 8.20. The van der Waals surface area contributed by atoms with Crippen LogP contribution in [0.1, 0.15) is 6.42 Å². The van der Waals surface area contributed by atoms with Gasteiger partial charge in [-0.2, -0.15) is 0 Å². The number of nitrogens with zero attached hydrogens (tertiary/aromatic N) is 4. The van der Waals surface area contributed by atoms with Gasteiger partial charge in [0.25, 0.3) is 0 Å². The van der Waals surface area contributed by atoms with Gasteiger partial charge in [0.2, 0.25) is 0 Å². The van der Waals surface area contributed by atoms with E-state index in [-0.39, 0.29) is 5.82 Å². The minimum atomic E-state index is -0.331. The van der Waals surface area contributed by atoms with Gasteiger partial charge in [-0.1, -0.05) is 15.9 Å². The number of hydrogen-bond donors (Lipinski definition) is 1. The normalized spacial score (nSPS) is 10.8.